The fourth-order valence-corrected chi connectivity index (χ4v) is 4.54. The number of nitrogens with one attached hydrogen (secondary N) is 1. The van der Waals surface area contributed by atoms with Crippen LogP contribution >= 0.6 is 11.8 Å². The average molecular weight is 316 g/mol. The van der Waals surface area contributed by atoms with Crippen LogP contribution in [0.1, 0.15) is 39.0 Å². The summed E-state index contributed by atoms with van der Waals surface area (Å²) in [7, 11) is 1.68. The molecule has 120 valence electrons. The molecule has 2 fully saturated rings. The smallest absolute Gasteiger partial charge is 0.327 e. The van der Waals surface area contributed by atoms with Gasteiger partial charge in [-0.1, -0.05) is 13.3 Å². The molecule has 4 atom stereocenters. The van der Waals surface area contributed by atoms with Crippen LogP contribution in [-0.2, 0) is 9.53 Å². The van der Waals surface area contributed by atoms with E-state index in [1.165, 1.54) is 4.90 Å². The Morgan fingerprint density at radius 2 is 2.19 bits per heavy atom. The van der Waals surface area contributed by atoms with Gasteiger partial charge in [-0.15, -0.1) is 11.8 Å². The Bertz CT molecular complexity index is 393. The van der Waals surface area contributed by atoms with Crippen molar-refractivity contribution >= 4 is 23.8 Å². The number of carboxylic acids is 1. The molecule has 4 unspecified atom stereocenters. The van der Waals surface area contributed by atoms with E-state index in [2.05, 4.69) is 5.32 Å². The van der Waals surface area contributed by atoms with E-state index in [-0.39, 0.29) is 23.6 Å². The molecule has 6 nitrogen and oxygen atoms in total. The largest absolute Gasteiger partial charge is 0.480 e. The second kappa shape index (κ2) is 7.35. The van der Waals surface area contributed by atoms with Gasteiger partial charge in [-0.05, 0) is 25.7 Å². The van der Waals surface area contributed by atoms with Gasteiger partial charge in [0.1, 0.15) is 6.04 Å². The molecule has 2 aliphatic rings. The molecule has 21 heavy (non-hydrogen) atoms. The third-order valence-electron chi connectivity index (χ3n) is 4.19. The van der Waals surface area contributed by atoms with Crippen molar-refractivity contribution in [2.45, 2.75) is 62.6 Å². The van der Waals surface area contributed by atoms with Crippen LogP contribution < -0.4 is 5.32 Å². The number of carbonyl (C=O) groups excluding carboxylic acids is 1. The summed E-state index contributed by atoms with van der Waals surface area (Å²) in [6, 6.07) is -0.872. The Morgan fingerprint density at radius 1 is 1.43 bits per heavy atom. The molecule has 0 aromatic heterocycles. The Labute approximate surface area is 129 Å². The Balaban J connectivity index is 1.98. The van der Waals surface area contributed by atoms with Gasteiger partial charge in [0.05, 0.1) is 11.5 Å². The molecule has 0 bridgehead atoms. The van der Waals surface area contributed by atoms with Crippen LogP contribution in [0, 0.1) is 0 Å². The Hall–Kier alpha value is -0.950. The van der Waals surface area contributed by atoms with Crippen LogP contribution in [-0.4, -0.2) is 58.4 Å². The lowest BCUT2D eigenvalue weighted by Crippen LogP contribution is -2.52. The number of thioether (sulfide) groups is 1. The molecule has 2 rings (SSSR count). The van der Waals surface area contributed by atoms with Gasteiger partial charge < -0.3 is 15.2 Å². The summed E-state index contributed by atoms with van der Waals surface area (Å²) < 4.78 is 5.30. The molecule has 1 saturated carbocycles. The van der Waals surface area contributed by atoms with Crippen LogP contribution in [0.25, 0.3) is 0 Å². The van der Waals surface area contributed by atoms with Gasteiger partial charge in [0, 0.05) is 18.9 Å². The summed E-state index contributed by atoms with van der Waals surface area (Å²) in [6.45, 7) is 2.05. The molecule has 2 N–H and O–H groups in total. The van der Waals surface area contributed by atoms with Crippen molar-refractivity contribution in [3.63, 3.8) is 0 Å². The molecule has 0 radical (unpaired) electrons. The van der Waals surface area contributed by atoms with Crippen LogP contribution in [0.4, 0.5) is 4.79 Å². The van der Waals surface area contributed by atoms with Crippen molar-refractivity contribution in [2.75, 3.05) is 12.9 Å². The third kappa shape index (κ3) is 3.83. The number of hydrogen-bond donors (Lipinski definition) is 2. The molecule has 7 heteroatoms. The van der Waals surface area contributed by atoms with Gasteiger partial charge in [-0.2, -0.15) is 0 Å². The number of urea groups is 1. The number of amides is 2. The molecule has 0 aromatic carbocycles. The first kappa shape index (κ1) is 16.4. The summed E-state index contributed by atoms with van der Waals surface area (Å²) >= 11 is 1.56. The highest BCUT2D eigenvalue weighted by Crippen LogP contribution is 2.32. The first-order chi connectivity index (χ1) is 10.1. The minimum atomic E-state index is -0.919. The van der Waals surface area contributed by atoms with E-state index in [1.807, 2.05) is 6.92 Å². The fourth-order valence-electron chi connectivity index (χ4n) is 3.03. The first-order valence-corrected chi connectivity index (χ1v) is 8.57. The van der Waals surface area contributed by atoms with Gasteiger partial charge in [-0.3, -0.25) is 4.90 Å². The van der Waals surface area contributed by atoms with Gasteiger partial charge in [0.25, 0.3) is 0 Å². The molecule has 1 aliphatic carbocycles. The molecule has 0 spiro atoms. The molecule has 1 heterocycles. The topological polar surface area (TPSA) is 78.9 Å². The van der Waals surface area contributed by atoms with Crippen molar-refractivity contribution in [2.24, 2.45) is 0 Å². The highest BCUT2D eigenvalue weighted by molar-refractivity contribution is 8.00. The van der Waals surface area contributed by atoms with Gasteiger partial charge in [0.2, 0.25) is 0 Å². The number of ether oxygens (including phenoxy) is 1. The van der Waals surface area contributed by atoms with E-state index in [4.69, 9.17) is 4.74 Å². The molecular formula is C14H24N2O4S. The number of carboxylic acid groups (broad SMARTS) is 1. The van der Waals surface area contributed by atoms with Crippen molar-refractivity contribution in [3.05, 3.63) is 0 Å². The number of rotatable bonds is 5. The summed E-state index contributed by atoms with van der Waals surface area (Å²) in [6.07, 6.45) is 4.60. The van der Waals surface area contributed by atoms with E-state index in [9.17, 15) is 14.7 Å². The van der Waals surface area contributed by atoms with Crippen LogP contribution in [0.5, 0.6) is 0 Å². The minimum absolute atomic E-state index is 0.0317. The van der Waals surface area contributed by atoms with E-state index < -0.39 is 12.0 Å². The SMILES string of the molecule is CCCC1SCC(C(=O)O)N1C(=O)NC1CCC(OC)C1. The minimum Gasteiger partial charge on any atom is -0.480 e. The first-order valence-electron chi connectivity index (χ1n) is 7.52. The summed E-state index contributed by atoms with van der Waals surface area (Å²) in [4.78, 5) is 25.4. The van der Waals surface area contributed by atoms with Gasteiger partial charge in [0.15, 0.2) is 0 Å². The number of methoxy groups -OCH3 is 1. The van der Waals surface area contributed by atoms with Crippen molar-refractivity contribution in [1.82, 2.24) is 10.2 Å². The molecular weight excluding hydrogens is 292 g/mol. The second-order valence-electron chi connectivity index (χ2n) is 5.66. The van der Waals surface area contributed by atoms with Crippen LogP contribution in [0.15, 0.2) is 0 Å². The fraction of sp³-hybridized carbons (Fsp3) is 0.857. The summed E-state index contributed by atoms with van der Waals surface area (Å²) in [5, 5.41) is 12.3. The molecule has 2 amide bonds. The lowest BCUT2D eigenvalue weighted by atomic mass is 10.2. The van der Waals surface area contributed by atoms with Crippen LogP contribution in [0.2, 0.25) is 0 Å². The van der Waals surface area contributed by atoms with E-state index in [1.54, 1.807) is 18.9 Å². The van der Waals surface area contributed by atoms with Gasteiger partial charge in [-0.25, -0.2) is 9.59 Å². The molecule has 1 aliphatic heterocycles. The number of nitrogens with zero attached hydrogens (tertiary/aromatic N) is 1. The average Bonchev–Trinajstić information content (AvgIpc) is 3.05. The monoisotopic (exact) mass is 316 g/mol. The third-order valence-corrected chi connectivity index (χ3v) is 5.55. The lowest BCUT2D eigenvalue weighted by Gasteiger charge is -2.28. The maximum atomic E-state index is 12.5. The predicted molar refractivity (Wildman–Crippen MR) is 81.4 cm³/mol. The highest BCUT2D eigenvalue weighted by atomic mass is 32.2. The second-order valence-corrected chi connectivity index (χ2v) is 6.87. The van der Waals surface area contributed by atoms with Crippen molar-refractivity contribution < 1.29 is 19.4 Å². The number of aliphatic carboxylic acids is 1. The van der Waals surface area contributed by atoms with Crippen LogP contribution in [0.3, 0.4) is 0 Å². The predicted octanol–water partition coefficient (Wildman–Crippen LogP) is 1.89. The van der Waals surface area contributed by atoms with Crippen molar-refractivity contribution in [3.8, 4) is 0 Å². The zero-order valence-corrected chi connectivity index (χ0v) is 13.4. The van der Waals surface area contributed by atoms with Gasteiger partial charge >= 0.3 is 12.0 Å². The molecule has 0 aromatic rings. The summed E-state index contributed by atoms with van der Waals surface area (Å²) in [5.74, 6) is -0.448. The quantitative estimate of drug-likeness (QED) is 0.810. The summed E-state index contributed by atoms with van der Waals surface area (Å²) in [5.41, 5.74) is 0. The standard InChI is InChI=1S/C14H24N2O4S/c1-3-4-12-16(11(8-21-12)13(17)18)14(19)15-9-5-6-10(7-9)20-2/h9-12H,3-8H2,1-2H3,(H,15,19)(H,17,18). The Kier molecular flexibility index (Phi) is 5.75. The van der Waals surface area contributed by atoms with Crippen molar-refractivity contribution in [1.29, 1.82) is 0 Å². The zero-order chi connectivity index (χ0) is 15.4. The normalized spacial score (nSPS) is 32.4. The number of carbonyl (C=O) groups is 2. The maximum absolute atomic E-state index is 12.5. The van der Waals surface area contributed by atoms with E-state index in [0.29, 0.717) is 5.75 Å². The lowest BCUT2D eigenvalue weighted by molar-refractivity contribution is -0.141. The maximum Gasteiger partial charge on any atom is 0.327 e. The zero-order valence-electron chi connectivity index (χ0n) is 12.6. The number of hydrogen-bond acceptors (Lipinski definition) is 4. The van der Waals surface area contributed by atoms with E-state index >= 15 is 0 Å². The highest BCUT2D eigenvalue weighted by Gasteiger charge is 2.42. The molecule has 1 saturated heterocycles. The Morgan fingerprint density at radius 3 is 2.76 bits per heavy atom. The van der Waals surface area contributed by atoms with E-state index in [0.717, 1.165) is 32.1 Å².